The second kappa shape index (κ2) is 9.01. The Morgan fingerprint density at radius 3 is 2.45 bits per heavy atom. The second-order valence-electron chi connectivity index (χ2n) is 6.72. The molecule has 31 heavy (non-hydrogen) atoms. The molecule has 4 rings (SSSR count). The molecule has 2 aromatic carbocycles. The SMILES string of the molecule is COC(=O)c1cc(C)nc2nc(SCc3ccc(Oc4ccccc4)cc3)[nH]c(=O)c12. The van der Waals surface area contributed by atoms with Crippen LogP contribution in [0.1, 0.15) is 21.6 Å². The Labute approximate surface area is 182 Å². The molecular weight excluding hydrogens is 414 g/mol. The van der Waals surface area contributed by atoms with Crippen LogP contribution >= 0.6 is 11.8 Å². The van der Waals surface area contributed by atoms with Gasteiger partial charge in [0.1, 0.15) is 11.5 Å². The fourth-order valence-corrected chi connectivity index (χ4v) is 3.83. The summed E-state index contributed by atoms with van der Waals surface area (Å²) in [5, 5.41) is 0.556. The Bertz CT molecular complexity index is 1290. The van der Waals surface area contributed by atoms with Gasteiger partial charge in [0.15, 0.2) is 10.8 Å². The van der Waals surface area contributed by atoms with Crippen molar-refractivity contribution in [3.05, 3.63) is 87.8 Å². The van der Waals surface area contributed by atoms with Crippen molar-refractivity contribution in [1.82, 2.24) is 15.0 Å². The third-order valence-electron chi connectivity index (χ3n) is 4.47. The van der Waals surface area contributed by atoms with Crippen LogP contribution in [0, 0.1) is 6.92 Å². The third kappa shape index (κ3) is 4.75. The number of aryl methyl sites for hydroxylation is 1. The number of nitrogens with one attached hydrogen (secondary N) is 1. The normalized spacial score (nSPS) is 10.8. The molecule has 7 nitrogen and oxygen atoms in total. The number of benzene rings is 2. The fraction of sp³-hybridized carbons (Fsp3) is 0.130. The van der Waals surface area contributed by atoms with Crippen LogP contribution in [0.15, 0.2) is 70.6 Å². The molecule has 2 aromatic heterocycles. The van der Waals surface area contributed by atoms with E-state index in [2.05, 4.69) is 15.0 Å². The average molecular weight is 433 g/mol. The van der Waals surface area contributed by atoms with Gasteiger partial charge in [-0.05, 0) is 42.8 Å². The molecule has 0 aliphatic heterocycles. The number of rotatable bonds is 6. The number of pyridine rings is 1. The minimum absolute atomic E-state index is 0.129. The zero-order valence-corrected chi connectivity index (χ0v) is 17.7. The van der Waals surface area contributed by atoms with Crippen molar-refractivity contribution in [2.24, 2.45) is 0 Å². The molecule has 0 fully saturated rings. The highest BCUT2D eigenvalue weighted by Gasteiger charge is 2.17. The van der Waals surface area contributed by atoms with Gasteiger partial charge in [0.2, 0.25) is 0 Å². The van der Waals surface area contributed by atoms with Gasteiger partial charge < -0.3 is 14.5 Å². The summed E-state index contributed by atoms with van der Waals surface area (Å²) in [5.74, 6) is 1.51. The topological polar surface area (TPSA) is 94.2 Å². The number of carbonyl (C=O) groups is 1. The van der Waals surface area contributed by atoms with Crippen LogP contribution < -0.4 is 10.3 Å². The number of thioether (sulfide) groups is 1. The summed E-state index contributed by atoms with van der Waals surface area (Å²) in [4.78, 5) is 36.1. The number of nitrogens with zero attached hydrogens (tertiary/aromatic N) is 2. The van der Waals surface area contributed by atoms with Crippen molar-refractivity contribution >= 4 is 28.8 Å². The average Bonchev–Trinajstić information content (AvgIpc) is 2.78. The van der Waals surface area contributed by atoms with Gasteiger partial charge in [0.05, 0.1) is 18.1 Å². The molecule has 0 radical (unpaired) electrons. The van der Waals surface area contributed by atoms with Crippen molar-refractivity contribution < 1.29 is 14.3 Å². The molecule has 8 heteroatoms. The predicted molar refractivity (Wildman–Crippen MR) is 119 cm³/mol. The Balaban J connectivity index is 1.51. The molecule has 4 aromatic rings. The maximum Gasteiger partial charge on any atom is 0.338 e. The van der Waals surface area contributed by atoms with Crippen LogP contribution in [0.3, 0.4) is 0 Å². The van der Waals surface area contributed by atoms with Crippen LogP contribution in [-0.4, -0.2) is 28.0 Å². The predicted octanol–water partition coefficient (Wildman–Crippen LogP) is 4.50. The first kappa shape index (κ1) is 20.6. The number of fused-ring (bicyclic) bond motifs is 1. The van der Waals surface area contributed by atoms with E-state index < -0.39 is 11.5 Å². The molecule has 2 heterocycles. The highest BCUT2D eigenvalue weighted by atomic mass is 32.2. The van der Waals surface area contributed by atoms with Gasteiger partial charge in [-0.1, -0.05) is 42.1 Å². The first-order valence-corrected chi connectivity index (χ1v) is 10.5. The summed E-state index contributed by atoms with van der Waals surface area (Å²) in [5.41, 5.74) is 1.58. The summed E-state index contributed by atoms with van der Waals surface area (Å²) < 4.78 is 10.6. The van der Waals surface area contributed by atoms with Crippen molar-refractivity contribution in [1.29, 1.82) is 0 Å². The van der Waals surface area contributed by atoms with E-state index in [9.17, 15) is 9.59 Å². The fourth-order valence-electron chi connectivity index (χ4n) is 3.01. The van der Waals surface area contributed by atoms with Gasteiger partial charge in [-0.3, -0.25) is 4.79 Å². The number of H-pyrrole nitrogens is 1. The number of aromatic nitrogens is 3. The number of carbonyl (C=O) groups excluding carboxylic acids is 1. The van der Waals surface area contributed by atoms with Gasteiger partial charge in [0.25, 0.3) is 5.56 Å². The molecular formula is C23H19N3O4S. The van der Waals surface area contributed by atoms with E-state index in [1.54, 1.807) is 6.92 Å². The lowest BCUT2D eigenvalue weighted by atomic mass is 10.1. The van der Waals surface area contributed by atoms with Gasteiger partial charge >= 0.3 is 5.97 Å². The van der Waals surface area contributed by atoms with E-state index in [4.69, 9.17) is 9.47 Å². The van der Waals surface area contributed by atoms with E-state index >= 15 is 0 Å². The molecule has 0 unspecified atom stereocenters. The monoisotopic (exact) mass is 433 g/mol. The Morgan fingerprint density at radius 1 is 1.03 bits per heavy atom. The molecule has 1 N–H and O–H groups in total. The lowest BCUT2D eigenvalue weighted by Crippen LogP contribution is -2.16. The molecule has 0 spiro atoms. The number of ether oxygens (including phenoxy) is 2. The molecule has 0 aliphatic carbocycles. The lowest BCUT2D eigenvalue weighted by Gasteiger charge is -2.08. The van der Waals surface area contributed by atoms with Crippen LogP contribution in [0.5, 0.6) is 11.5 Å². The van der Waals surface area contributed by atoms with Crippen LogP contribution in [0.25, 0.3) is 11.0 Å². The number of aromatic amines is 1. The zero-order valence-electron chi connectivity index (χ0n) is 16.9. The highest BCUT2D eigenvalue weighted by Crippen LogP contribution is 2.25. The number of hydrogen-bond acceptors (Lipinski definition) is 7. The summed E-state index contributed by atoms with van der Waals surface area (Å²) in [6.07, 6.45) is 0. The first-order chi connectivity index (χ1) is 15.0. The summed E-state index contributed by atoms with van der Waals surface area (Å²) in [7, 11) is 1.27. The van der Waals surface area contributed by atoms with E-state index in [0.29, 0.717) is 16.6 Å². The number of hydrogen-bond donors (Lipinski definition) is 1. The quantitative estimate of drug-likeness (QED) is 0.272. The van der Waals surface area contributed by atoms with Gasteiger partial charge in [-0.2, -0.15) is 0 Å². The highest BCUT2D eigenvalue weighted by molar-refractivity contribution is 7.98. The van der Waals surface area contributed by atoms with Crippen molar-refractivity contribution in [2.45, 2.75) is 17.8 Å². The van der Waals surface area contributed by atoms with E-state index in [-0.39, 0.29) is 16.6 Å². The van der Waals surface area contributed by atoms with Crippen molar-refractivity contribution in [3.63, 3.8) is 0 Å². The van der Waals surface area contributed by atoms with E-state index in [1.165, 1.54) is 24.9 Å². The summed E-state index contributed by atoms with van der Waals surface area (Å²) >= 11 is 1.37. The third-order valence-corrected chi connectivity index (χ3v) is 5.41. The maximum absolute atomic E-state index is 12.6. The molecule has 0 saturated carbocycles. The molecule has 0 amide bonds. The van der Waals surface area contributed by atoms with Gasteiger partial charge in [0, 0.05) is 11.4 Å². The van der Waals surface area contributed by atoms with Crippen LogP contribution in [0.2, 0.25) is 0 Å². The van der Waals surface area contributed by atoms with Crippen LogP contribution in [-0.2, 0) is 10.5 Å². The molecule has 156 valence electrons. The van der Waals surface area contributed by atoms with E-state index in [1.807, 2.05) is 54.6 Å². The maximum atomic E-state index is 12.6. The number of methoxy groups -OCH3 is 1. The largest absolute Gasteiger partial charge is 0.465 e. The van der Waals surface area contributed by atoms with Gasteiger partial charge in [-0.25, -0.2) is 14.8 Å². The van der Waals surface area contributed by atoms with Crippen LogP contribution in [0.4, 0.5) is 0 Å². The van der Waals surface area contributed by atoms with Gasteiger partial charge in [-0.15, -0.1) is 0 Å². The Kier molecular flexibility index (Phi) is 5.99. The summed E-state index contributed by atoms with van der Waals surface area (Å²) in [6.45, 7) is 1.74. The summed E-state index contributed by atoms with van der Waals surface area (Å²) in [6, 6.07) is 18.8. The molecule has 0 saturated heterocycles. The first-order valence-electron chi connectivity index (χ1n) is 9.48. The van der Waals surface area contributed by atoms with E-state index in [0.717, 1.165) is 17.1 Å². The smallest absolute Gasteiger partial charge is 0.338 e. The number of para-hydroxylation sites is 1. The zero-order chi connectivity index (χ0) is 21.8. The Hall–Kier alpha value is -3.65. The Morgan fingerprint density at radius 2 is 1.74 bits per heavy atom. The molecule has 0 atom stereocenters. The second-order valence-corrected chi connectivity index (χ2v) is 7.68. The molecule has 0 aliphatic rings. The molecule has 0 bridgehead atoms. The standard InChI is InChI=1S/C23H19N3O4S/c1-14-12-18(22(28)29-2)19-20(24-14)25-23(26-21(19)27)31-13-15-8-10-17(11-9-15)30-16-6-4-3-5-7-16/h3-12H,13H2,1-2H3,(H,24,25,26,27). The number of esters is 1. The van der Waals surface area contributed by atoms with Crippen molar-refractivity contribution in [2.75, 3.05) is 7.11 Å². The lowest BCUT2D eigenvalue weighted by molar-refractivity contribution is 0.0602. The minimum Gasteiger partial charge on any atom is -0.465 e. The minimum atomic E-state index is -0.596. The van der Waals surface area contributed by atoms with Crippen molar-refractivity contribution in [3.8, 4) is 11.5 Å².